The lowest BCUT2D eigenvalue weighted by molar-refractivity contribution is -0.127. The maximum absolute atomic E-state index is 12.4. The zero-order chi connectivity index (χ0) is 13.3. The number of ether oxygens (including phenoxy) is 1. The number of nitrogens with two attached hydrogens (primary N) is 1. The number of aryl methyl sites for hydroxylation is 2. The van der Waals surface area contributed by atoms with Crippen molar-refractivity contribution in [3.8, 4) is 0 Å². The van der Waals surface area contributed by atoms with Crippen molar-refractivity contribution < 1.29 is 9.53 Å². The Morgan fingerprint density at radius 2 is 2.17 bits per heavy atom. The minimum atomic E-state index is -0.740. The average Bonchev–Trinajstić information content (AvgIpc) is 2.57. The Bertz CT molecular complexity index is 464. The van der Waals surface area contributed by atoms with Crippen LogP contribution < -0.4 is 5.73 Å². The van der Waals surface area contributed by atoms with Crippen molar-refractivity contribution in [1.82, 2.24) is 9.78 Å². The Morgan fingerprint density at radius 3 is 2.67 bits per heavy atom. The average molecular weight is 316 g/mol. The van der Waals surface area contributed by atoms with Crippen molar-refractivity contribution >= 4 is 21.7 Å². The van der Waals surface area contributed by atoms with Gasteiger partial charge in [-0.3, -0.25) is 9.48 Å². The first kappa shape index (κ1) is 13.7. The van der Waals surface area contributed by atoms with Gasteiger partial charge < -0.3 is 10.5 Å². The van der Waals surface area contributed by atoms with Gasteiger partial charge in [0.15, 0.2) is 5.78 Å². The van der Waals surface area contributed by atoms with E-state index in [2.05, 4.69) is 21.0 Å². The van der Waals surface area contributed by atoms with Crippen molar-refractivity contribution in [3.05, 3.63) is 15.9 Å². The van der Waals surface area contributed by atoms with Crippen molar-refractivity contribution in [2.45, 2.75) is 31.7 Å². The van der Waals surface area contributed by atoms with Crippen LogP contribution in [0.25, 0.3) is 0 Å². The number of carbonyl (C=O) groups is 1. The first-order valence-corrected chi connectivity index (χ1v) is 6.81. The minimum absolute atomic E-state index is 0.0644. The molecule has 0 aromatic carbocycles. The van der Waals surface area contributed by atoms with Gasteiger partial charge in [-0.05, 0) is 35.7 Å². The van der Waals surface area contributed by atoms with Gasteiger partial charge in [0.2, 0.25) is 0 Å². The van der Waals surface area contributed by atoms with Crippen LogP contribution in [0, 0.1) is 6.92 Å². The molecule has 0 unspecified atom stereocenters. The Morgan fingerprint density at radius 1 is 1.56 bits per heavy atom. The number of halogens is 1. The van der Waals surface area contributed by atoms with Gasteiger partial charge in [-0.25, -0.2) is 0 Å². The molecule has 1 aliphatic rings. The van der Waals surface area contributed by atoms with E-state index in [0.717, 1.165) is 15.9 Å². The molecule has 0 radical (unpaired) electrons. The molecule has 18 heavy (non-hydrogen) atoms. The van der Waals surface area contributed by atoms with Crippen LogP contribution in [0.15, 0.2) is 4.47 Å². The number of Topliss-reactive ketones (excluding diaryl/α,β-unsaturated/α-hetero) is 1. The third-order valence-electron chi connectivity index (χ3n) is 3.53. The van der Waals surface area contributed by atoms with Gasteiger partial charge in [0.1, 0.15) is 0 Å². The number of aromatic nitrogens is 2. The second-order valence-electron chi connectivity index (χ2n) is 4.84. The lowest BCUT2D eigenvalue weighted by atomic mass is 9.85. The van der Waals surface area contributed by atoms with E-state index in [1.807, 2.05) is 14.0 Å². The Labute approximate surface area is 115 Å². The van der Waals surface area contributed by atoms with Gasteiger partial charge in [-0.15, -0.1) is 0 Å². The van der Waals surface area contributed by atoms with Gasteiger partial charge in [0.05, 0.1) is 27.8 Å². The fourth-order valence-electron chi connectivity index (χ4n) is 2.21. The van der Waals surface area contributed by atoms with Crippen LogP contribution in [0.2, 0.25) is 0 Å². The van der Waals surface area contributed by atoms with Gasteiger partial charge in [0, 0.05) is 20.3 Å². The fraction of sp³-hybridized carbons (Fsp3) is 0.667. The van der Waals surface area contributed by atoms with E-state index in [0.29, 0.717) is 32.5 Å². The molecular formula is C12H18BrN3O2. The molecule has 0 atom stereocenters. The summed E-state index contributed by atoms with van der Waals surface area (Å²) < 4.78 is 7.89. The van der Waals surface area contributed by atoms with Gasteiger partial charge in [0.25, 0.3) is 0 Å². The van der Waals surface area contributed by atoms with E-state index >= 15 is 0 Å². The molecule has 0 spiro atoms. The normalized spacial score (nSPS) is 18.9. The SMILES string of the molecule is Cc1nn(C)c(CC(=O)C2(N)CCOCC2)c1Br. The second-order valence-corrected chi connectivity index (χ2v) is 5.63. The Hall–Kier alpha value is -0.720. The number of hydrogen-bond donors (Lipinski definition) is 1. The van der Waals surface area contributed by atoms with Crippen molar-refractivity contribution in [2.75, 3.05) is 13.2 Å². The standard InChI is InChI=1S/C12H18BrN3O2/c1-8-11(13)9(16(2)15-8)7-10(17)12(14)3-5-18-6-4-12/h3-7,14H2,1-2H3. The largest absolute Gasteiger partial charge is 0.381 e. The van der Waals surface area contributed by atoms with Gasteiger partial charge in [-0.1, -0.05) is 0 Å². The van der Waals surface area contributed by atoms with Crippen molar-refractivity contribution in [3.63, 3.8) is 0 Å². The van der Waals surface area contributed by atoms with Crippen LogP contribution in [0.4, 0.5) is 0 Å². The summed E-state index contributed by atoms with van der Waals surface area (Å²) in [5.74, 6) is 0.0644. The highest BCUT2D eigenvalue weighted by Crippen LogP contribution is 2.25. The molecule has 2 heterocycles. The molecule has 2 N–H and O–H groups in total. The summed E-state index contributed by atoms with van der Waals surface area (Å²) in [5.41, 5.74) is 7.21. The molecule has 0 saturated carbocycles. The molecule has 1 aromatic heterocycles. The van der Waals surface area contributed by atoms with E-state index in [-0.39, 0.29) is 5.78 Å². The van der Waals surface area contributed by atoms with Crippen LogP contribution in [-0.2, 0) is 23.0 Å². The van der Waals surface area contributed by atoms with E-state index in [4.69, 9.17) is 10.5 Å². The van der Waals surface area contributed by atoms with Crippen molar-refractivity contribution in [1.29, 1.82) is 0 Å². The summed E-state index contributed by atoms with van der Waals surface area (Å²) in [7, 11) is 1.84. The topological polar surface area (TPSA) is 70.1 Å². The summed E-state index contributed by atoms with van der Waals surface area (Å²) in [5, 5.41) is 4.28. The molecule has 1 aliphatic heterocycles. The predicted octanol–water partition coefficient (Wildman–Crippen LogP) is 1.11. The number of rotatable bonds is 3. The molecule has 1 fully saturated rings. The zero-order valence-corrected chi connectivity index (χ0v) is 12.3. The Kier molecular flexibility index (Phi) is 3.89. The molecule has 0 amide bonds. The van der Waals surface area contributed by atoms with Crippen LogP contribution >= 0.6 is 15.9 Å². The molecule has 0 bridgehead atoms. The van der Waals surface area contributed by atoms with Gasteiger partial charge >= 0.3 is 0 Å². The number of nitrogens with zero attached hydrogens (tertiary/aromatic N) is 2. The monoisotopic (exact) mass is 315 g/mol. The lowest BCUT2D eigenvalue weighted by Gasteiger charge is -2.31. The fourth-order valence-corrected chi connectivity index (χ4v) is 2.69. The van der Waals surface area contributed by atoms with Crippen LogP contribution in [0.3, 0.4) is 0 Å². The quantitative estimate of drug-likeness (QED) is 0.907. The van der Waals surface area contributed by atoms with E-state index in [9.17, 15) is 4.79 Å². The van der Waals surface area contributed by atoms with Crippen LogP contribution in [0.5, 0.6) is 0 Å². The molecule has 2 rings (SSSR count). The van der Waals surface area contributed by atoms with Crippen molar-refractivity contribution in [2.24, 2.45) is 12.8 Å². The number of hydrogen-bond acceptors (Lipinski definition) is 4. The highest BCUT2D eigenvalue weighted by Gasteiger charge is 2.36. The summed E-state index contributed by atoms with van der Waals surface area (Å²) in [6.45, 7) is 3.03. The minimum Gasteiger partial charge on any atom is -0.381 e. The summed E-state index contributed by atoms with van der Waals surface area (Å²) in [6, 6.07) is 0. The maximum Gasteiger partial charge on any atom is 0.158 e. The molecule has 1 aromatic rings. The molecule has 5 nitrogen and oxygen atoms in total. The molecule has 0 aliphatic carbocycles. The molecular weight excluding hydrogens is 298 g/mol. The summed E-state index contributed by atoms with van der Waals surface area (Å²) >= 11 is 3.47. The van der Waals surface area contributed by atoms with Gasteiger partial charge in [-0.2, -0.15) is 5.10 Å². The highest BCUT2D eigenvalue weighted by molar-refractivity contribution is 9.10. The first-order valence-electron chi connectivity index (χ1n) is 6.02. The third-order valence-corrected chi connectivity index (χ3v) is 4.56. The summed E-state index contributed by atoms with van der Waals surface area (Å²) in [6.07, 6.45) is 1.51. The molecule has 100 valence electrons. The third kappa shape index (κ3) is 2.50. The number of ketones is 1. The Balaban J connectivity index is 2.16. The van der Waals surface area contributed by atoms with E-state index in [1.54, 1.807) is 4.68 Å². The number of carbonyl (C=O) groups excluding carboxylic acids is 1. The van der Waals surface area contributed by atoms with Crippen LogP contribution in [0.1, 0.15) is 24.2 Å². The maximum atomic E-state index is 12.4. The summed E-state index contributed by atoms with van der Waals surface area (Å²) in [4.78, 5) is 12.4. The highest BCUT2D eigenvalue weighted by atomic mass is 79.9. The lowest BCUT2D eigenvalue weighted by Crippen LogP contribution is -2.52. The molecule has 1 saturated heterocycles. The van der Waals surface area contributed by atoms with E-state index in [1.165, 1.54) is 0 Å². The predicted molar refractivity (Wildman–Crippen MR) is 71.3 cm³/mol. The molecule has 6 heteroatoms. The smallest absolute Gasteiger partial charge is 0.158 e. The van der Waals surface area contributed by atoms with E-state index < -0.39 is 5.54 Å². The first-order chi connectivity index (χ1) is 8.44. The van der Waals surface area contributed by atoms with Crippen LogP contribution in [-0.4, -0.2) is 34.3 Å². The zero-order valence-electron chi connectivity index (χ0n) is 10.7. The second kappa shape index (κ2) is 5.11.